The van der Waals surface area contributed by atoms with Gasteiger partial charge in [0.1, 0.15) is 10.7 Å². The molecule has 2 rings (SSSR count). The van der Waals surface area contributed by atoms with Crippen molar-refractivity contribution in [3.05, 3.63) is 62.8 Å². The minimum absolute atomic E-state index is 0.0357. The number of carbonyl (C=O) groups excluding carboxylic acids is 2. The van der Waals surface area contributed by atoms with Crippen LogP contribution in [-0.2, 0) is 4.74 Å². The Bertz CT molecular complexity index is 695. The summed E-state index contributed by atoms with van der Waals surface area (Å²) in [5.74, 6) is -1.78. The fourth-order valence-electron chi connectivity index (χ4n) is 1.46. The molecule has 0 atom stereocenters. The molecule has 0 bridgehead atoms. The normalized spacial score (nSPS) is 10.1. The van der Waals surface area contributed by atoms with E-state index in [-0.39, 0.29) is 15.4 Å². The van der Waals surface area contributed by atoms with Gasteiger partial charge in [-0.2, -0.15) is 0 Å². The van der Waals surface area contributed by atoms with Crippen LogP contribution in [0.5, 0.6) is 0 Å². The molecule has 0 aliphatic heterocycles. The third-order valence-electron chi connectivity index (χ3n) is 2.47. The summed E-state index contributed by atoms with van der Waals surface area (Å²) in [5, 5.41) is 10.3. The zero-order chi connectivity index (χ0) is 15.4. The number of nitro groups is 1. The van der Waals surface area contributed by atoms with Gasteiger partial charge in [0, 0.05) is 11.6 Å². The van der Waals surface area contributed by atoms with Crippen molar-refractivity contribution in [2.24, 2.45) is 0 Å². The van der Waals surface area contributed by atoms with E-state index in [9.17, 15) is 24.1 Å². The second-order valence-corrected chi connectivity index (χ2v) is 4.96. The third-order valence-corrected chi connectivity index (χ3v) is 3.49. The summed E-state index contributed by atoms with van der Waals surface area (Å²) < 4.78 is 17.5. The first-order chi connectivity index (χ1) is 9.97. The van der Waals surface area contributed by atoms with Gasteiger partial charge in [-0.25, -0.2) is 9.18 Å². The maximum absolute atomic E-state index is 12.7. The maximum atomic E-state index is 12.7. The highest BCUT2D eigenvalue weighted by Crippen LogP contribution is 2.24. The Morgan fingerprint density at radius 3 is 2.43 bits per heavy atom. The van der Waals surface area contributed by atoms with Gasteiger partial charge in [-0.1, -0.05) is 11.3 Å². The molecule has 0 radical (unpaired) electrons. The smallest absolute Gasteiger partial charge is 0.349 e. The van der Waals surface area contributed by atoms with Crippen molar-refractivity contribution in [2.45, 2.75) is 0 Å². The summed E-state index contributed by atoms with van der Waals surface area (Å²) in [6.45, 7) is -0.518. The minimum Gasteiger partial charge on any atom is -0.453 e. The lowest BCUT2D eigenvalue weighted by atomic mass is 10.1. The highest BCUT2D eigenvalue weighted by atomic mass is 32.1. The zero-order valence-corrected chi connectivity index (χ0v) is 11.3. The number of ketones is 1. The fourth-order valence-corrected chi connectivity index (χ4v) is 2.17. The second kappa shape index (κ2) is 6.23. The van der Waals surface area contributed by atoms with E-state index in [1.807, 2.05) is 0 Å². The van der Waals surface area contributed by atoms with Gasteiger partial charge in [-0.3, -0.25) is 14.9 Å². The van der Waals surface area contributed by atoms with E-state index in [4.69, 9.17) is 4.74 Å². The van der Waals surface area contributed by atoms with Gasteiger partial charge in [0.05, 0.1) is 4.92 Å². The van der Waals surface area contributed by atoms with Crippen molar-refractivity contribution in [1.29, 1.82) is 0 Å². The molecular formula is C13H8FNO5S. The standard InChI is InChI=1S/C13H8FNO5S/c14-9-3-1-8(2-4-9)10(16)7-20-13(17)11-5-6-12(21-11)15(18)19/h1-6H,7H2. The van der Waals surface area contributed by atoms with Gasteiger partial charge in [0.2, 0.25) is 0 Å². The molecule has 0 fully saturated rings. The van der Waals surface area contributed by atoms with Crippen molar-refractivity contribution in [3.8, 4) is 0 Å². The molecule has 1 aromatic heterocycles. The van der Waals surface area contributed by atoms with E-state index in [0.717, 1.165) is 12.1 Å². The lowest BCUT2D eigenvalue weighted by Crippen LogP contribution is -2.13. The van der Waals surface area contributed by atoms with Crippen LogP contribution in [0.25, 0.3) is 0 Å². The van der Waals surface area contributed by atoms with Crippen LogP contribution >= 0.6 is 11.3 Å². The molecule has 0 spiro atoms. The lowest BCUT2D eigenvalue weighted by Gasteiger charge is -2.02. The molecule has 0 saturated carbocycles. The van der Waals surface area contributed by atoms with Crippen molar-refractivity contribution >= 4 is 28.1 Å². The Morgan fingerprint density at radius 1 is 1.19 bits per heavy atom. The Balaban J connectivity index is 1.95. The Hall–Kier alpha value is -2.61. The number of esters is 1. The van der Waals surface area contributed by atoms with Crippen LogP contribution in [0.1, 0.15) is 20.0 Å². The maximum Gasteiger partial charge on any atom is 0.349 e. The molecule has 8 heteroatoms. The zero-order valence-electron chi connectivity index (χ0n) is 10.4. The number of Topliss-reactive ketones (excluding diaryl/α,β-unsaturated/α-hetero) is 1. The molecule has 2 aromatic rings. The number of hydrogen-bond acceptors (Lipinski definition) is 6. The average molecular weight is 309 g/mol. The Labute approximate surface area is 121 Å². The molecule has 0 aliphatic carbocycles. The summed E-state index contributed by atoms with van der Waals surface area (Å²) in [7, 11) is 0. The molecule has 0 aliphatic rings. The Kier molecular flexibility index (Phi) is 4.39. The number of thiophene rings is 1. The molecule has 0 N–H and O–H groups in total. The molecule has 6 nitrogen and oxygen atoms in total. The van der Waals surface area contributed by atoms with Crippen LogP contribution < -0.4 is 0 Å². The van der Waals surface area contributed by atoms with Crippen molar-refractivity contribution in [1.82, 2.24) is 0 Å². The fraction of sp³-hybridized carbons (Fsp3) is 0.0769. The molecule has 1 aromatic carbocycles. The van der Waals surface area contributed by atoms with Crippen LogP contribution in [0.2, 0.25) is 0 Å². The van der Waals surface area contributed by atoms with Gasteiger partial charge in [0.25, 0.3) is 0 Å². The number of benzene rings is 1. The number of hydrogen-bond donors (Lipinski definition) is 0. The van der Waals surface area contributed by atoms with E-state index >= 15 is 0 Å². The number of rotatable bonds is 5. The minimum atomic E-state index is -0.816. The average Bonchev–Trinajstić information content (AvgIpc) is 2.95. The predicted molar refractivity (Wildman–Crippen MR) is 72.0 cm³/mol. The van der Waals surface area contributed by atoms with Gasteiger partial charge in [-0.05, 0) is 30.3 Å². The SMILES string of the molecule is O=C(COC(=O)c1ccc([N+](=O)[O-])s1)c1ccc(F)cc1. The molecule has 21 heavy (non-hydrogen) atoms. The first-order valence-electron chi connectivity index (χ1n) is 5.67. The summed E-state index contributed by atoms with van der Waals surface area (Å²) in [5.41, 5.74) is 0.210. The van der Waals surface area contributed by atoms with Crippen molar-refractivity contribution in [2.75, 3.05) is 6.61 Å². The van der Waals surface area contributed by atoms with Crippen LogP contribution in [0.15, 0.2) is 36.4 Å². The topological polar surface area (TPSA) is 86.5 Å². The van der Waals surface area contributed by atoms with Crippen LogP contribution in [0, 0.1) is 15.9 Å². The van der Waals surface area contributed by atoms with E-state index in [0.29, 0.717) is 11.3 Å². The van der Waals surface area contributed by atoms with Crippen LogP contribution in [0.3, 0.4) is 0 Å². The van der Waals surface area contributed by atoms with E-state index in [1.165, 1.54) is 24.3 Å². The van der Waals surface area contributed by atoms with Crippen LogP contribution in [0.4, 0.5) is 9.39 Å². The molecule has 0 saturated heterocycles. The molecular weight excluding hydrogens is 301 g/mol. The molecule has 0 unspecified atom stereocenters. The summed E-state index contributed by atoms with van der Waals surface area (Å²) in [6, 6.07) is 7.24. The Morgan fingerprint density at radius 2 is 1.86 bits per heavy atom. The van der Waals surface area contributed by atoms with E-state index in [1.54, 1.807) is 0 Å². The first-order valence-corrected chi connectivity index (χ1v) is 6.49. The number of nitrogens with zero attached hydrogens (tertiary/aromatic N) is 1. The molecule has 0 amide bonds. The van der Waals surface area contributed by atoms with E-state index < -0.39 is 29.1 Å². The van der Waals surface area contributed by atoms with Crippen molar-refractivity contribution in [3.63, 3.8) is 0 Å². The van der Waals surface area contributed by atoms with Gasteiger partial charge < -0.3 is 4.74 Å². The van der Waals surface area contributed by atoms with E-state index in [2.05, 4.69) is 0 Å². The second-order valence-electron chi connectivity index (χ2n) is 3.90. The van der Waals surface area contributed by atoms with Gasteiger partial charge >= 0.3 is 11.0 Å². The van der Waals surface area contributed by atoms with Gasteiger partial charge in [-0.15, -0.1) is 0 Å². The monoisotopic (exact) mass is 309 g/mol. The highest BCUT2D eigenvalue weighted by molar-refractivity contribution is 7.17. The highest BCUT2D eigenvalue weighted by Gasteiger charge is 2.17. The summed E-state index contributed by atoms with van der Waals surface area (Å²) >= 11 is 0.664. The molecule has 1 heterocycles. The number of halogens is 1. The third kappa shape index (κ3) is 3.69. The quantitative estimate of drug-likeness (QED) is 0.367. The number of carbonyl (C=O) groups is 2. The van der Waals surface area contributed by atoms with Gasteiger partial charge in [0.15, 0.2) is 12.4 Å². The molecule has 108 valence electrons. The largest absolute Gasteiger partial charge is 0.453 e. The van der Waals surface area contributed by atoms with Crippen LogP contribution in [-0.4, -0.2) is 23.3 Å². The predicted octanol–water partition coefficient (Wildman–Crippen LogP) is 2.84. The summed E-state index contributed by atoms with van der Waals surface area (Å²) in [4.78, 5) is 33.2. The van der Waals surface area contributed by atoms with Crippen molar-refractivity contribution < 1.29 is 23.6 Å². The lowest BCUT2D eigenvalue weighted by molar-refractivity contribution is -0.380. The first kappa shape index (κ1) is 14.8. The number of ether oxygens (including phenoxy) is 1. The summed E-state index contributed by atoms with van der Waals surface area (Å²) in [6.07, 6.45) is 0.